The molecule has 0 unspecified atom stereocenters. The predicted molar refractivity (Wildman–Crippen MR) is 82.9 cm³/mol. The molecule has 0 amide bonds. The largest absolute Gasteiger partial charge is 0.495 e. The van der Waals surface area contributed by atoms with Gasteiger partial charge in [-0.15, -0.1) is 0 Å². The molecule has 5 nitrogen and oxygen atoms in total. The first-order valence-electron chi connectivity index (χ1n) is 7.29. The summed E-state index contributed by atoms with van der Waals surface area (Å²) in [5, 5.41) is 0. The molecule has 0 aliphatic heterocycles. The minimum absolute atomic E-state index is 0.171. The van der Waals surface area contributed by atoms with E-state index in [2.05, 4.69) is 4.72 Å². The number of ether oxygens (including phenoxy) is 1. The molecule has 2 rings (SSSR count). The molecule has 0 bridgehead atoms. The number of nitrogens with one attached hydrogen (secondary N) is 1. The van der Waals surface area contributed by atoms with E-state index in [0.29, 0.717) is 5.75 Å². The highest BCUT2D eigenvalue weighted by atomic mass is 32.2. The Labute approximate surface area is 126 Å². The Morgan fingerprint density at radius 1 is 1.29 bits per heavy atom. The highest BCUT2D eigenvalue weighted by Gasteiger charge is 2.30. The van der Waals surface area contributed by atoms with Gasteiger partial charge in [0.2, 0.25) is 10.0 Å². The highest BCUT2D eigenvalue weighted by molar-refractivity contribution is 7.89. The molecule has 1 saturated carbocycles. The molecular weight excluding hydrogens is 288 g/mol. The lowest BCUT2D eigenvalue weighted by Crippen LogP contribution is -2.51. The number of aryl methyl sites for hydroxylation is 1. The molecule has 1 aromatic rings. The predicted octanol–water partition coefficient (Wildman–Crippen LogP) is 1.94. The summed E-state index contributed by atoms with van der Waals surface area (Å²) in [5.74, 6) is 0.350. The molecule has 1 fully saturated rings. The third kappa shape index (κ3) is 3.96. The Hall–Kier alpha value is -1.11. The molecule has 0 heterocycles. The van der Waals surface area contributed by atoms with Crippen molar-refractivity contribution in [2.45, 2.75) is 49.5 Å². The first-order chi connectivity index (χ1) is 9.86. The van der Waals surface area contributed by atoms with Gasteiger partial charge in [0.25, 0.3) is 0 Å². The summed E-state index contributed by atoms with van der Waals surface area (Å²) in [7, 11) is -2.15. The smallest absolute Gasteiger partial charge is 0.244 e. The Morgan fingerprint density at radius 3 is 2.57 bits per heavy atom. The van der Waals surface area contributed by atoms with Crippen LogP contribution in [0.25, 0.3) is 0 Å². The molecule has 1 aliphatic rings. The van der Waals surface area contributed by atoms with E-state index >= 15 is 0 Å². The van der Waals surface area contributed by atoms with E-state index in [0.717, 1.165) is 31.2 Å². The molecule has 0 aromatic heterocycles. The van der Waals surface area contributed by atoms with E-state index in [1.807, 2.05) is 13.0 Å². The minimum Gasteiger partial charge on any atom is -0.495 e. The van der Waals surface area contributed by atoms with E-state index in [1.54, 1.807) is 12.1 Å². The third-order valence-corrected chi connectivity index (χ3v) is 5.49. The fourth-order valence-corrected chi connectivity index (χ4v) is 4.13. The van der Waals surface area contributed by atoms with E-state index in [1.165, 1.54) is 13.5 Å². The van der Waals surface area contributed by atoms with E-state index in [9.17, 15) is 8.42 Å². The van der Waals surface area contributed by atoms with Crippen LogP contribution in [0.2, 0.25) is 0 Å². The van der Waals surface area contributed by atoms with Crippen LogP contribution in [-0.4, -0.2) is 27.6 Å². The van der Waals surface area contributed by atoms with Gasteiger partial charge in [0.15, 0.2) is 0 Å². The number of methoxy groups -OCH3 is 1. The van der Waals surface area contributed by atoms with Gasteiger partial charge in [-0.25, -0.2) is 13.1 Å². The van der Waals surface area contributed by atoms with Crippen molar-refractivity contribution in [3.05, 3.63) is 23.8 Å². The number of rotatable bonds is 5. The van der Waals surface area contributed by atoms with Gasteiger partial charge in [-0.3, -0.25) is 0 Å². The highest BCUT2D eigenvalue weighted by Crippen LogP contribution is 2.27. The monoisotopic (exact) mass is 312 g/mol. The van der Waals surface area contributed by atoms with Gasteiger partial charge in [-0.1, -0.05) is 25.3 Å². The molecule has 118 valence electrons. The Bertz CT molecular complexity index is 593. The Kier molecular flexibility index (Phi) is 4.91. The van der Waals surface area contributed by atoms with Crippen LogP contribution in [0.15, 0.2) is 23.1 Å². The SMILES string of the molecule is COc1ccc(C)cc1S(=O)(=O)NCC1(N)CCCCC1. The number of benzene rings is 1. The fourth-order valence-electron chi connectivity index (χ4n) is 2.74. The zero-order chi connectivity index (χ0) is 15.5. The maximum absolute atomic E-state index is 12.5. The second-order valence-electron chi connectivity index (χ2n) is 5.90. The average molecular weight is 312 g/mol. The van der Waals surface area contributed by atoms with Crippen molar-refractivity contribution < 1.29 is 13.2 Å². The van der Waals surface area contributed by atoms with Gasteiger partial charge in [-0.05, 0) is 37.5 Å². The number of hydrogen-bond donors (Lipinski definition) is 2. The summed E-state index contributed by atoms with van der Waals surface area (Å²) in [5.41, 5.74) is 6.73. The molecule has 0 saturated heterocycles. The molecule has 0 spiro atoms. The minimum atomic E-state index is -3.62. The number of nitrogens with two attached hydrogens (primary N) is 1. The van der Waals surface area contributed by atoms with Crippen molar-refractivity contribution in [1.82, 2.24) is 4.72 Å². The van der Waals surface area contributed by atoms with Crippen molar-refractivity contribution >= 4 is 10.0 Å². The number of sulfonamides is 1. The topological polar surface area (TPSA) is 81.4 Å². The standard InChI is InChI=1S/C15H24N2O3S/c1-12-6-7-13(20-2)14(10-12)21(18,19)17-11-15(16)8-4-3-5-9-15/h6-7,10,17H,3-5,8-9,11,16H2,1-2H3. The third-order valence-electron chi connectivity index (χ3n) is 4.07. The first kappa shape index (κ1) is 16.3. The normalized spacial score (nSPS) is 18.4. The second kappa shape index (κ2) is 6.34. The Morgan fingerprint density at radius 2 is 1.95 bits per heavy atom. The maximum Gasteiger partial charge on any atom is 0.244 e. The van der Waals surface area contributed by atoms with Crippen LogP contribution in [-0.2, 0) is 10.0 Å². The summed E-state index contributed by atoms with van der Waals surface area (Å²) in [6, 6.07) is 5.11. The van der Waals surface area contributed by atoms with E-state index < -0.39 is 15.6 Å². The summed E-state index contributed by atoms with van der Waals surface area (Å²) in [4.78, 5) is 0.171. The average Bonchev–Trinajstić information content (AvgIpc) is 2.46. The first-order valence-corrected chi connectivity index (χ1v) is 8.78. The lowest BCUT2D eigenvalue weighted by Gasteiger charge is -2.33. The summed E-state index contributed by atoms with van der Waals surface area (Å²) in [6.07, 6.45) is 5.02. The van der Waals surface area contributed by atoms with Gasteiger partial charge in [0.1, 0.15) is 10.6 Å². The van der Waals surface area contributed by atoms with Crippen LogP contribution < -0.4 is 15.2 Å². The van der Waals surface area contributed by atoms with Gasteiger partial charge in [0.05, 0.1) is 7.11 Å². The van der Waals surface area contributed by atoms with Crippen LogP contribution in [0.4, 0.5) is 0 Å². The van der Waals surface area contributed by atoms with E-state index in [4.69, 9.17) is 10.5 Å². The van der Waals surface area contributed by atoms with Crippen molar-refractivity contribution in [3.8, 4) is 5.75 Å². The van der Waals surface area contributed by atoms with Crippen molar-refractivity contribution in [1.29, 1.82) is 0 Å². The molecule has 6 heteroatoms. The Balaban J connectivity index is 2.17. The van der Waals surface area contributed by atoms with Gasteiger partial charge >= 0.3 is 0 Å². The molecule has 1 aliphatic carbocycles. The van der Waals surface area contributed by atoms with Crippen molar-refractivity contribution in [3.63, 3.8) is 0 Å². The quantitative estimate of drug-likeness (QED) is 0.870. The van der Waals surface area contributed by atoms with Crippen molar-refractivity contribution in [2.75, 3.05) is 13.7 Å². The maximum atomic E-state index is 12.5. The fraction of sp³-hybridized carbons (Fsp3) is 0.600. The molecule has 0 radical (unpaired) electrons. The zero-order valence-electron chi connectivity index (χ0n) is 12.7. The lowest BCUT2D eigenvalue weighted by molar-refractivity contribution is 0.296. The molecule has 21 heavy (non-hydrogen) atoms. The van der Waals surface area contributed by atoms with Crippen LogP contribution in [0.5, 0.6) is 5.75 Å². The summed E-state index contributed by atoms with van der Waals surface area (Å²) >= 11 is 0. The number of hydrogen-bond acceptors (Lipinski definition) is 4. The molecule has 0 atom stereocenters. The van der Waals surface area contributed by atoms with Crippen LogP contribution >= 0.6 is 0 Å². The summed E-state index contributed by atoms with van der Waals surface area (Å²) < 4.78 is 32.8. The molecular formula is C15H24N2O3S. The second-order valence-corrected chi connectivity index (χ2v) is 7.64. The van der Waals surface area contributed by atoms with Crippen LogP contribution in [0.3, 0.4) is 0 Å². The summed E-state index contributed by atoms with van der Waals surface area (Å²) in [6.45, 7) is 2.12. The van der Waals surface area contributed by atoms with E-state index in [-0.39, 0.29) is 11.4 Å². The van der Waals surface area contributed by atoms with Crippen molar-refractivity contribution in [2.24, 2.45) is 5.73 Å². The van der Waals surface area contributed by atoms with Crippen LogP contribution in [0.1, 0.15) is 37.7 Å². The van der Waals surface area contributed by atoms with Gasteiger partial charge in [0, 0.05) is 12.1 Å². The molecule has 1 aromatic carbocycles. The molecule has 3 N–H and O–H groups in total. The van der Waals surface area contributed by atoms with Gasteiger partial charge in [-0.2, -0.15) is 0 Å². The van der Waals surface area contributed by atoms with Crippen LogP contribution in [0, 0.1) is 6.92 Å². The van der Waals surface area contributed by atoms with Gasteiger partial charge < -0.3 is 10.5 Å². The lowest BCUT2D eigenvalue weighted by atomic mass is 9.83. The zero-order valence-corrected chi connectivity index (χ0v) is 13.5.